The Labute approximate surface area is 141 Å². The number of hydrogen-bond donors (Lipinski definition) is 1. The number of rotatable bonds is 5. The van der Waals surface area contributed by atoms with Crippen LogP contribution in [-0.2, 0) is 16.1 Å². The zero-order valence-electron chi connectivity index (χ0n) is 14.1. The van der Waals surface area contributed by atoms with Crippen LogP contribution < -0.4 is 5.32 Å². The summed E-state index contributed by atoms with van der Waals surface area (Å²) in [6.45, 7) is 4.38. The quantitative estimate of drug-likeness (QED) is 0.660. The predicted molar refractivity (Wildman–Crippen MR) is 89.5 cm³/mol. The first-order valence-electron chi connectivity index (χ1n) is 8.18. The van der Waals surface area contributed by atoms with Crippen molar-refractivity contribution in [3.63, 3.8) is 0 Å². The van der Waals surface area contributed by atoms with Gasteiger partial charge in [0.05, 0.1) is 17.0 Å². The van der Waals surface area contributed by atoms with Crippen molar-refractivity contribution in [1.29, 1.82) is 0 Å². The molecule has 7 heteroatoms. The highest BCUT2D eigenvalue weighted by Crippen LogP contribution is 2.24. The molecule has 24 heavy (non-hydrogen) atoms. The van der Waals surface area contributed by atoms with Crippen LogP contribution in [0.4, 0.5) is 5.69 Å². The van der Waals surface area contributed by atoms with Crippen LogP contribution in [0.25, 0.3) is 0 Å². The number of aryl methyl sites for hydroxylation is 1. The Hall–Kier alpha value is -2.44. The summed E-state index contributed by atoms with van der Waals surface area (Å²) in [6, 6.07) is 3.16. The molecule has 0 radical (unpaired) electrons. The maximum absolute atomic E-state index is 12.1. The monoisotopic (exact) mass is 333 g/mol. The maximum Gasteiger partial charge on any atom is 0.274 e. The first-order chi connectivity index (χ1) is 11.4. The second-order valence-corrected chi connectivity index (χ2v) is 6.16. The number of benzene rings is 1. The van der Waals surface area contributed by atoms with Crippen LogP contribution in [0.1, 0.15) is 42.4 Å². The number of carbonyl (C=O) groups excluding carboxylic acids is 2. The highest BCUT2D eigenvalue weighted by Gasteiger charge is 2.21. The molecule has 2 amide bonds. The Kier molecular flexibility index (Phi) is 5.89. The van der Waals surface area contributed by atoms with E-state index in [1.807, 2.05) is 13.8 Å². The molecule has 1 N–H and O–H groups in total. The number of nitrogens with zero attached hydrogens (tertiary/aromatic N) is 2. The first-order valence-corrected chi connectivity index (χ1v) is 8.18. The van der Waals surface area contributed by atoms with Gasteiger partial charge in [0.2, 0.25) is 11.8 Å². The molecular formula is C17H23N3O4. The van der Waals surface area contributed by atoms with Crippen molar-refractivity contribution in [2.24, 2.45) is 0 Å². The lowest BCUT2D eigenvalue weighted by Gasteiger charge is -2.20. The van der Waals surface area contributed by atoms with E-state index in [4.69, 9.17) is 0 Å². The third-order valence-corrected chi connectivity index (χ3v) is 4.51. The Morgan fingerprint density at radius 3 is 2.75 bits per heavy atom. The Morgan fingerprint density at radius 1 is 1.29 bits per heavy atom. The van der Waals surface area contributed by atoms with Gasteiger partial charge in [-0.2, -0.15) is 0 Å². The highest BCUT2D eigenvalue weighted by molar-refractivity contribution is 5.85. The largest absolute Gasteiger partial charge is 0.350 e. The molecule has 7 nitrogen and oxygen atoms in total. The van der Waals surface area contributed by atoms with E-state index >= 15 is 0 Å². The van der Waals surface area contributed by atoms with Gasteiger partial charge in [-0.05, 0) is 37.8 Å². The van der Waals surface area contributed by atoms with Crippen molar-refractivity contribution in [2.45, 2.75) is 46.1 Å². The number of nitrogens with one attached hydrogen (secondary N) is 1. The van der Waals surface area contributed by atoms with E-state index in [2.05, 4.69) is 5.32 Å². The molecule has 0 atom stereocenters. The molecule has 0 aliphatic carbocycles. The summed E-state index contributed by atoms with van der Waals surface area (Å²) in [5, 5.41) is 13.9. The molecule has 2 rings (SSSR count). The average Bonchev–Trinajstić information content (AvgIpc) is 2.73. The minimum atomic E-state index is -0.438. The minimum absolute atomic E-state index is 0.000340. The summed E-state index contributed by atoms with van der Waals surface area (Å²) in [4.78, 5) is 36.4. The lowest BCUT2D eigenvalue weighted by Crippen LogP contribution is -2.40. The van der Waals surface area contributed by atoms with Crippen molar-refractivity contribution < 1.29 is 14.5 Å². The van der Waals surface area contributed by atoms with Crippen LogP contribution in [0.5, 0.6) is 0 Å². The molecular weight excluding hydrogens is 310 g/mol. The first kappa shape index (κ1) is 17.9. The van der Waals surface area contributed by atoms with Crippen LogP contribution in [0.2, 0.25) is 0 Å². The summed E-state index contributed by atoms with van der Waals surface area (Å²) in [7, 11) is 0. The SMILES string of the molecule is Cc1ccc([N+](=O)[O-])c(CNC(=O)CN2CCCCCC2=O)c1C. The molecule has 1 saturated heterocycles. The van der Waals surface area contributed by atoms with Crippen LogP contribution in [0, 0.1) is 24.0 Å². The number of likely N-dealkylation sites (tertiary alicyclic amines) is 1. The fraction of sp³-hybridized carbons (Fsp3) is 0.529. The van der Waals surface area contributed by atoms with Crippen molar-refractivity contribution in [3.8, 4) is 0 Å². The van der Waals surface area contributed by atoms with E-state index in [9.17, 15) is 19.7 Å². The van der Waals surface area contributed by atoms with Crippen molar-refractivity contribution >= 4 is 17.5 Å². The summed E-state index contributed by atoms with van der Waals surface area (Å²) in [6.07, 6.45) is 3.25. The van der Waals surface area contributed by atoms with Crippen molar-refractivity contribution in [3.05, 3.63) is 38.9 Å². The van der Waals surface area contributed by atoms with Crippen LogP contribution in [0.15, 0.2) is 12.1 Å². The van der Waals surface area contributed by atoms with Gasteiger partial charge in [-0.3, -0.25) is 19.7 Å². The molecule has 0 spiro atoms. The van der Waals surface area contributed by atoms with E-state index in [0.29, 0.717) is 18.5 Å². The van der Waals surface area contributed by atoms with Crippen LogP contribution in [0.3, 0.4) is 0 Å². The average molecular weight is 333 g/mol. The topological polar surface area (TPSA) is 92.6 Å². The van der Waals surface area contributed by atoms with Gasteiger partial charge in [0.1, 0.15) is 0 Å². The number of carbonyl (C=O) groups is 2. The number of hydrogen-bond acceptors (Lipinski definition) is 4. The summed E-state index contributed by atoms with van der Waals surface area (Å²) < 4.78 is 0. The molecule has 0 aromatic heterocycles. The Bertz CT molecular complexity index is 657. The van der Waals surface area contributed by atoms with E-state index < -0.39 is 4.92 Å². The van der Waals surface area contributed by atoms with Gasteiger partial charge in [0, 0.05) is 25.6 Å². The zero-order valence-corrected chi connectivity index (χ0v) is 14.1. The molecule has 1 aromatic carbocycles. The normalized spacial score (nSPS) is 15.1. The van der Waals surface area contributed by atoms with E-state index in [0.717, 1.165) is 30.4 Å². The minimum Gasteiger partial charge on any atom is -0.350 e. The Balaban J connectivity index is 2.02. The van der Waals surface area contributed by atoms with Crippen molar-refractivity contribution in [2.75, 3.05) is 13.1 Å². The molecule has 1 aromatic rings. The van der Waals surface area contributed by atoms with E-state index in [-0.39, 0.29) is 30.6 Å². The summed E-state index contributed by atoms with van der Waals surface area (Å²) in [5.41, 5.74) is 2.25. The number of nitro benzene ring substituents is 1. The smallest absolute Gasteiger partial charge is 0.274 e. The fourth-order valence-corrected chi connectivity index (χ4v) is 2.88. The van der Waals surface area contributed by atoms with Crippen LogP contribution in [-0.4, -0.2) is 34.7 Å². The van der Waals surface area contributed by atoms with Gasteiger partial charge < -0.3 is 10.2 Å². The molecule has 1 aliphatic heterocycles. The van der Waals surface area contributed by atoms with Gasteiger partial charge in [0.25, 0.3) is 5.69 Å². The second-order valence-electron chi connectivity index (χ2n) is 6.16. The lowest BCUT2D eigenvalue weighted by molar-refractivity contribution is -0.385. The van der Waals surface area contributed by atoms with E-state index in [1.165, 1.54) is 6.07 Å². The number of amides is 2. The van der Waals surface area contributed by atoms with E-state index in [1.54, 1.807) is 11.0 Å². The summed E-state index contributed by atoms with van der Waals surface area (Å²) in [5.74, 6) is -0.291. The molecule has 1 heterocycles. The molecule has 1 aliphatic rings. The third kappa shape index (κ3) is 4.31. The fourth-order valence-electron chi connectivity index (χ4n) is 2.88. The van der Waals surface area contributed by atoms with Crippen LogP contribution >= 0.6 is 0 Å². The van der Waals surface area contributed by atoms with Crippen molar-refractivity contribution in [1.82, 2.24) is 10.2 Å². The van der Waals surface area contributed by atoms with Gasteiger partial charge in [-0.25, -0.2) is 0 Å². The predicted octanol–water partition coefficient (Wildman–Crippen LogP) is 2.23. The van der Waals surface area contributed by atoms with Gasteiger partial charge in [-0.1, -0.05) is 12.5 Å². The van der Waals surface area contributed by atoms with Gasteiger partial charge in [0.15, 0.2) is 0 Å². The number of nitro groups is 1. The lowest BCUT2D eigenvalue weighted by atomic mass is 10.0. The molecule has 0 bridgehead atoms. The Morgan fingerprint density at radius 2 is 2.04 bits per heavy atom. The molecule has 1 fully saturated rings. The maximum atomic E-state index is 12.1. The zero-order chi connectivity index (χ0) is 17.7. The van der Waals surface area contributed by atoms with Gasteiger partial charge >= 0.3 is 0 Å². The van der Waals surface area contributed by atoms with Gasteiger partial charge in [-0.15, -0.1) is 0 Å². The molecule has 0 unspecified atom stereocenters. The summed E-state index contributed by atoms with van der Waals surface area (Å²) >= 11 is 0. The highest BCUT2D eigenvalue weighted by atomic mass is 16.6. The molecule has 0 saturated carbocycles. The molecule has 130 valence electrons. The third-order valence-electron chi connectivity index (χ3n) is 4.51. The second kappa shape index (κ2) is 7.90. The standard InChI is InChI=1S/C17H23N3O4/c1-12-7-8-15(20(23)24)14(13(12)2)10-18-16(21)11-19-9-5-3-4-6-17(19)22/h7-8H,3-6,9-11H2,1-2H3,(H,18,21).